The van der Waals surface area contributed by atoms with E-state index in [-0.39, 0.29) is 33.3 Å². The van der Waals surface area contributed by atoms with Crippen molar-refractivity contribution in [3.05, 3.63) is 88.0 Å². The lowest BCUT2D eigenvalue weighted by Gasteiger charge is -2.11. The van der Waals surface area contributed by atoms with E-state index in [0.717, 1.165) is 5.56 Å². The van der Waals surface area contributed by atoms with Gasteiger partial charge in [0.2, 0.25) is 0 Å². The van der Waals surface area contributed by atoms with Crippen molar-refractivity contribution in [1.29, 1.82) is 0 Å². The van der Waals surface area contributed by atoms with Crippen molar-refractivity contribution in [2.75, 3.05) is 17.1 Å². The van der Waals surface area contributed by atoms with Gasteiger partial charge in [-0.2, -0.15) is 0 Å². The molecule has 0 atom stereocenters. The first kappa shape index (κ1) is 21.8. The van der Waals surface area contributed by atoms with E-state index in [4.69, 9.17) is 4.74 Å². The number of amides is 1. The number of hydrogen-bond donors (Lipinski definition) is 2. The largest absolute Gasteiger partial charge is 0.495 e. The van der Waals surface area contributed by atoms with E-state index in [1.165, 1.54) is 61.7 Å². The quantitative estimate of drug-likeness (QED) is 0.422. The van der Waals surface area contributed by atoms with Gasteiger partial charge in [-0.25, -0.2) is 8.42 Å². The Morgan fingerprint density at radius 1 is 1.00 bits per heavy atom. The van der Waals surface area contributed by atoms with Crippen LogP contribution in [0.2, 0.25) is 0 Å². The Kier molecular flexibility index (Phi) is 6.21. The summed E-state index contributed by atoms with van der Waals surface area (Å²) in [7, 11) is -2.38. The number of methoxy groups -OCH3 is 1. The van der Waals surface area contributed by atoms with E-state index in [1.54, 1.807) is 12.1 Å². The summed E-state index contributed by atoms with van der Waals surface area (Å²) in [4.78, 5) is 23.1. The lowest BCUT2D eigenvalue weighted by atomic mass is 10.2. The van der Waals surface area contributed by atoms with Crippen molar-refractivity contribution in [2.24, 2.45) is 0 Å². The molecule has 0 unspecified atom stereocenters. The van der Waals surface area contributed by atoms with Crippen LogP contribution in [0.3, 0.4) is 0 Å². The number of carbonyl (C=O) groups excluding carboxylic acids is 1. The highest BCUT2D eigenvalue weighted by molar-refractivity contribution is 7.92. The number of ether oxygens (including phenoxy) is 1. The second-order valence-corrected chi connectivity index (χ2v) is 8.27. The van der Waals surface area contributed by atoms with Gasteiger partial charge in [0.1, 0.15) is 5.75 Å². The number of carbonyl (C=O) groups is 1. The number of anilines is 2. The third kappa shape index (κ3) is 5.17. The Morgan fingerprint density at radius 3 is 2.23 bits per heavy atom. The van der Waals surface area contributed by atoms with Gasteiger partial charge < -0.3 is 10.1 Å². The zero-order chi connectivity index (χ0) is 22.6. The maximum Gasteiger partial charge on any atom is 0.271 e. The van der Waals surface area contributed by atoms with Crippen molar-refractivity contribution in [2.45, 2.75) is 11.8 Å². The monoisotopic (exact) mass is 441 g/mol. The molecule has 0 bridgehead atoms. The zero-order valence-corrected chi connectivity index (χ0v) is 17.5. The summed E-state index contributed by atoms with van der Waals surface area (Å²) in [5.41, 5.74) is 1.40. The molecule has 0 heterocycles. The average molecular weight is 441 g/mol. The van der Waals surface area contributed by atoms with Crippen LogP contribution >= 0.6 is 0 Å². The molecule has 3 aromatic carbocycles. The summed E-state index contributed by atoms with van der Waals surface area (Å²) in [6, 6.07) is 16.0. The Morgan fingerprint density at radius 2 is 1.65 bits per heavy atom. The highest BCUT2D eigenvalue weighted by Gasteiger charge is 2.16. The van der Waals surface area contributed by atoms with E-state index in [9.17, 15) is 23.3 Å². The van der Waals surface area contributed by atoms with Crippen molar-refractivity contribution in [3.8, 4) is 5.75 Å². The fourth-order valence-electron chi connectivity index (χ4n) is 2.72. The topological polar surface area (TPSA) is 128 Å². The highest BCUT2D eigenvalue weighted by Crippen LogP contribution is 2.29. The Balaban J connectivity index is 1.76. The van der Waals surface area contributed by atoms with Gasteiger partial charge in [-0.05, 0) is 49.4 Å². The number of non-ortho nitro benzene ring substituents is 1. The number of nitro groups is 1. The van der Waals surface area contributed by atoms with Crippen LogP contribution in [-0.2, 0) is 10.0 Å². The first-order chi connectivity index (χ1) is 14.7. The molecule has 0 aliphatic heterocycles. The smallest absolute Gasteiger partial charge is 0.271 e. The van der Waals surface area contributed by atoms with Crippen molar-refractivity contribution < 1.29 is 22.9 Å². The molecular weight excluding hydrogens is 422 g/mol. The zero-order valence-electron chi connectivity index (χ0n) is 16.7. The summed E-state index contributed by atoms with van der Waals surface area (Å²) in [5.74, 6) is -0.270. The second kappa shape index (κ2) is 8.84. The van der Waals surface area contributed by atoms with Crippen LogP contribution in [0.4, 0.5) is 17.1 Å². The van der Waals surface area contributed by atoms with Crippen LogP contribution in [0, 0.1) is 17.0 Å². The Bertz CT molecular complexity index is 1220. The number of aryl methyl sites for hydroxylation is 1. The number of benzene rings is 3. The van der Waals surface area contributed by atoms with Crippen LogP contribution in [0.1, 0.15) is 15.9 Å². The fraction of sp³-hybridized carbons (Fsp3) is 0.0952. The van der Waals surface area contributed by atoms with Crippen LogP contribution in [0.15, 0.2) is 71.6 Å². The number of nitro benzene ring substituents is 1. The van der Waals surface area contributed by atoms with Gasteiger partial charge in [-0.15, -0.1) is 0 Å². The molecule has 1 amide bonds. The molecule has 0 aliphatic carbocycles. The first-order valence-electron chi connectivity index (χ1n) is 9.03. The lowest BCUT2D eigenvalue weighted by Crippen LogP contribution is -2.14. The Hall–Kier alpha value is -3.92. The highest BCUT2D eigenvalue weighted by atomic mass is 32.2. The number of sulfonamides is 1. The maximum absolute atomic E-state index is 12.5. The van der Waals surface area contributed by atoms with Gasteiger partial charge in [0.05, 0.1) is 22.6 Å². The normalized spacial score (nSPS) is 10.9. The second-order valence-electron chi connectivity index (χ2n) is 6.59. The summed E-state index contributed by atoms with van der Waals surface area (Å²) >= 11 is 0. The van der Waals surface area contributed by atoms with Crippen molar-refractivity contribution in [1.82, 2.24) is 0 Å². The van der Waals surface area contributed by atoms with Gasteiger partial charge in [0.15, 0.2) is 0 Å². The van der Waals surface area contributed by atoms with E-state index >= 15 is 0 Å². The molecule has 31 heavy (non-hydrogen) atoms. The third-order valence-corrected chi connectivity index (χ3v) is 5.77. The number of hydrogen-bond acceptors (Lipinski definition) is 6. The molecule has 0 aromatic heterocycles. The molecule has 3 rings (SSSR count). The third-order valence-electron chi connectivity index (χ3n) is 4.37. The molecule has 9 nitrogen and oxygen atoms in total. The SMILES string of the molecule is COc1ccc([N+](=O)[O-])cc1NC(=O)c1ccc(NS(=O)(=O)c2ccc(C)cc2)cc1. The van der Waals surface area contributed by atoms with Gasteiger partial charge in [0, 0.05) is 23.4 Å². The summed E-state index contributed by atoms with van der Waals surface area (Å²) < 4.78 is 32.5. The maximum atomic E-state index is 12.5. The summed E-state index contributed by atoms with van der Waals surface area (Å²) in [6.45, 7) is 1.86. The summed E-state index contributed by atoms with van der Waals surface area (Å²) in [6.07, 6.45) is 0. The number of nitrogens with one attached hydrogen (secondary N) is 2. The van der Waals surface area contributed by atoms with Crippen LogP contribution in [-0.4, -0.2) is 26.4 Å². The van der Waals surface area contributed by atoms with Gasteiger partial charge >= 0.3 is 0 Å². The molecule has 2 N–H and O–H groups in total. The van der Waals surface area contributed by atoms with Gasteiger partial charge in [0.25, 0.3) is 21.6 Å². The van der Waals surface area contributed by atoms with Crippen molar-refractivity contribution in [3.63, 3.8) is 0 Å². The predicted octanol–water partition coefficient (Wildman–Crippen LogP) is 3.96. The number of rotatable bonds is 7. The molecule has 0 fully saturated rings. The summed E-state index contributed by atoms with van der Waals surface area (Å²) in [5, 5.41) is 13.5. The van der Waals surface area contributed by atoms with Crippen LogP contribution in [0.25, 0.3) is 0 Å². The van der Waals surface area contributed by atoms with Gasteiger partial charge in [-0.1, -0.05) is 17.7 Å². The molecule has 10 heteroatoms. The van der Waals surface area contributed by atoms with Gasteiger partial charge in [-0.3, -0.25) is 19.6 Å². The lowest BCUT2D eigenvalue weighted by molar-refractivity contribution is -0.384. The van der Waals surface area contributed by atoms with Crippen molar-refractivity contribution >= 4 is 33.0 Å². The molecule has 160 valence electrons. The Labute approximate surface area is 178 Å². The predicted molar refractivity (Wildman–Crippen MR) is 116 cm³/mol. The van der Waals surface area contributed by atoms with E-state index in [0.29, 0.717) is 0 Å². The number of nitrogens with zero attached hydrogens (tertiary/aromatic N) is 1. The molecule has 0 radical (unpaired) electrons. The molecule has 3 aromatic rings. The molecular formula is C21H19N3O6S. The van der Waals surface area contributed by atoms with E-state index < -0.39 is 20.9 Å². The van der Waals surface area contributed by atoms with E-state index in [2.05, 4.69) is 10.0 Å². The fourth-order valence-corrected chi connectivity index (χ4v) is 3.78. The van der Waals surface area contributed by atoms with Crippen LogP contribution < -0.4 is 14.8 Å². The minimum absolute atomic E-state index is 0.123. The average Bonchev–Trinajstić information content (AvgIpc) is 2.74. The molecule has 0 saturated heterocycles. The molecule has 0 spiro atoms. The van der Waals surface area contributed by atoms with Crippen LogP contribution in [0.5, 0.6) is 5.75 Å². The minimum Gasteiger partial charge on any atom is -0.495 e. The first-order valence-corrected chi connectivity index (χ1v) is 10.5. The standard InChI is InChI=1S/C21H19N3O6S/c1-14-3-10-18(11-4-14)31(28,29)23-16-7-5-15(6-8-16)21(25)22-19-13-17(24(26)27)9-12-20(19)30-2/h3-13,23H,1-2H3,(H,22,25). The van der Waals surface area contributed by atoms with E-state index in [1.807, 2.05) is 6.92 Å². The minimum atomic E-state index is -3.76. The molecule has 0 aliphatic rings. The molecule has 0 saturated carbocycles.